The Morgan fingerprint density at radius 1 is 0.661 bits per heavy atom. The number of morpholine rings is 2. The molecule has 0 spiro atoms. The van der Waals surface area contributed by atoms with E-state index in [-0.39, 0.29) is 55.9 Å². The number of carbonyl (C=O) groups excluding carboxylic acids is 3. The summed E-state index contributed by atoms with van der Waals surface area (Å²) in [5.74, 6) is 0.0692. The zero-order chi connectivity index (χ0) is 41.1. The Bertz CT molecular complexity index is 2330. The van der Waals surface area contributed by atoms with Crippen LogP contribution in [0.4, 0.5) is 11.8 Å². The van der Waals surface area contributed by atoms with E-state index in [1.807, 2.05) is 30.6 Å². The highest BCUT2D eigenvalue weighted by atomic mass is 32.2. The van der Waals surface area contributed by atoms with Crippen LogP contribution >= 0.6 is 0 Å². The fourth-order valence-corrected chi connectivity index (χ4v) is 6.60. The van der Waals surface area contributed by atoms with Crippen LogP contribution in [0.25, 0.3) is 21.9 Å². The summed E-state index contributed by atoms with van der Waals surface area (Å²) < 4.78 is 39.2. The topological polar surface area (TPSA) is 172 Å². The zero-order valence-electron chi connectivity index (χ0n) is 33.3. The number of carbonyl (C=O) groups is 3. The molecule has 0 bridgehead atoms. The molecule has 4 aromatic rings. The lowest BCUT2D eigenvalue weighted by Crippen LogP contribution is -2.36. The van der Waals surface area contributed by atoms with E-state index in [9.17, 15) is 28.2 Å². The molecule has 2 amide bonds. The van der Waals surface area contributed by atoms with Crippen LogP contribution < -0.4 is 20.7 Å². The smallest absolute Gasteiger partial charge is 0.253 e. The lowest BCUT2D eigenvalue weighted by molar-refractivity contribution is 0.0820. The third-order valence-electron chi connectivity index (χ3n) is 9.10. The van der Waals surface area contributed by atoms with Crippen molar-refractivity contribution < 1.29 is 36.9 Å². The molecule has 0 radical (unpaired) electrons. The second-order valence-electron chi connectivity index (χ2n) is 14.9. The Hall–Kier alpha value is -5.19. The summed E-state index contributed by atoms with van der Waals surface area (Å²) >= 11 is 0. The van der Waals surface area contributed by atoms with Crippen molar-refractivity contribution in [3.05, 3.63) is 79.1 Å². The van der Waals surface area contributed by atoms with Crippen molar-refractivity contribution in [1.29, 1.82) is 0 Å². The molecule has 2 aliphatic rings. The standard InChI is InChI=1S/C22H29N3O5S.C18H20N2O5/c1-14(23-31(28)22(2,3)4)16-11-15(21(27)24(5)6)12-17-18(26)13-19(30-20(16)17)25-7-9-29-10-8-25;1-11(21)13-8-12(18(23)19(2)3)9-14-15(22)10-16(25-17(13)14)20-4-6-24-7-5-20/h11-13H,7-10H2,1-6H3;8-10H,4-7H2,1-3H3/t31-;/m1./s1. The van der Waals surface area contributed by atoms with E-state index in [0.29, 0.717) is 86.8 Å². The van der Waals surface area contributed by atoms with Gasteiger partial charge in [0.1, 0.15) is 16.6 Å². The first-order valence-corrected chi connectivity index (χ1v) is 19.3. The number of nitrogens with zero attached hydrogens (tertiary/aromatic N) is 5. The molecule has 16 heteroatoms. The number of rotatable bonds is 7. The van der Waals surface area contributed by atoms with Crippen LogP contribution in [-0.2, 0) is 20.5 Å². The van der Waals surface area contributed by atoms with Gasteiger partial charge in [-0.2, -0.15) is 4.40 Å². The Morgan fingerprint density at radius 2 is 1.05 bits per heavy atom. The molecule has 0 N–H and O–H groups in total. The normalized spacial score (nSPS) is 15.6. The lowest BCUT2D eigenvalue weighted by atomic mass is 10.0. The van der Waals surface area contributed by atoms with Crippen molar-refractivity contribution in [2.24, 2.45) is 4.40 Å². The fraction of sp³-hybridized carbons (Fsp3) is 0.450. The van der Waals surface area contributed by atoms with Gasteiger partial charge in [-0.3, -0.25) is 24.0 Å². The summed E-state index contributed by atoms with van der Waals surface area (Å²) in [5.41, 5.74) is 1.80. The van der Waals surface area contributed by atoms with E-state index in [2.05, 4.69) is 4.40 Å². The Labute approximate surface area is 327 Å². The first kappa shape index (κ1) is 42.0. The lowest BCUT2D eigenvalue weighted by Gasteiger charge is -2.27. The van der Waals surface area contributed by atoms with Crippen molar-refractivity contribution in [2.45, 2.75) is 39.4 Å². The molecule has 2 fully saturated rings. The molecule has 2 aromatic carbocycles. The molecule has 0 aliphatic carbocycles. The van der Waals surface area contributed by atoms with E-state index in [4.69, 9.17) is 18.3 Å². The number of amides is 2. The maximum atomic E-state index is 13.0. The van der Waals surface area contributed by atoms with Crippen LogP contribution in [0.2, 0.25) is 0 Å². The van der Waals surface area contributed by atoms with E-state index in [0.717, 1.165) is 0 Å². The average molecular weight is 792 g/mol. The van der Waals surface area contributed by atoms with Crippen molar-refractivity contribution in [2.75, 3.05) is 90.6 Å². The maximum absolute atomic E-state index is 13.0. The van der Waals surface area contributed by atoms with Crippen LogP contribution in [0, 0.1) is 0 Å². The SMILES string of the molecule is CC(=N[S@](=O)C(C)(C)C)c1cc(C(=O)N(C)C)cc2c(=O)cc(N3CCOCC3)oc12.CC(=O)c1cc(C(=O)N(C)C)cc2c(=O)cc(N3CCOCC3)oc12. The van der Waals surface area contributed by atoms with E-state index < -0.39 is 15.7 Å². The first-order valence-electron chi connectivity index (χ1n) is 18.2. The molecular weight excluding hydrogens is 743 g/mol. The molecule has 0 unspecified atom stereocenters. The van der Waals surface area contributed by atoms with Gasteiger partial charge in [0, 0.05) is 83.2 Å². The molecule has 2 saturated heterocycles. The van der Waals surface area contributed by atoms with Gasteiger partial charge in [-0.1, -0.05) is 0 Å². The number of hydrogen-bond donors (Lipinski definition) is 0. The van der Waals surface area contributed by atoms with Crippen molar-refractivity contribution in [3.8, 4) is 0 Å². The van der Waals surface area contributed by atoms with Crippen LogP contribution in [-0.4, -0.2) is 123 Å². The molecule has 1 atom stereocenters. The van der Waals surface area contributed by atoms with E-state index in [1.165, 1.54) is 41.0 Å². The number of Topliss-reactive ketones (excluding diaryl/α,β-unsaturated/α-hetero) is 1. The van der Waals surface area contributed by atoms with Crippen LogP contribution in [0.15, 0.2) is 59.2 Å². The van der Waals surface area contributed by atoms with Crippen molar-refractivity contribution in [1.82, 2.24) is 9.80 Å². The summed E-state index contributed by atoms with van der Waals surface area (Å²) in [6, 6.07) is 9.01. The number of hydrogen-bond acceptors (Lipinski definition) is 12. The number of anilines is 2. The molecule has 2 aliphatic heterocycles. The van der Waals surface area contributed by atoms with Gasteiger partial charge in [-0.05, 0) is 58.9 Å². The summed E-state index contributed by atoms with van der Waals surface area (Å²) in [6.07, 6.45) is 0. The van der Waals surface area contributed by atoms with Gasteiger partial charge in [0.05, 0.1) is 53.2 Å². The van der Waals surface area contributed by atoms with Gasteiger partial charge >= 0.3 is 0 Å². The second kappa shape index (κ2) is 17.3. The number of benzene rings is 2. The summed E-state index contributed by atoms with van der Waals surface area (Å²) in [6.45, 7) is 13.3. The highest BCUT2D eigenvalue weighted by Gasteiger charge is 2.24. The van der Waals surface area contributed by atoms with Gasteiger partial charge in [-0.25, -0.2) is 4.21 Å². The van der Waals surface area contributed by atoms with Crippen LogP contribution in [0.3, 0.4) is 0 Å². The predicted octanol–water partition coefficient (Wildman–Crippen LogP) is 4.14. The quantitative estimate of drug-likeness (QED) is 0.194. The van der Waals surface area contributed by atoms with E-state index >= 15 is 0 Å². The van der Waals surface area contributed by atoms with Gasteiger partial charge < -0.3 is 37.9 Å². The summed E-state index contributed by atoms with van der Waals surface area (Å²) in [4.78, 5) is 69.3. The molecule has 56 heavy (non-hydrogen) atoms. The monoisotopic (exact) mass is 791 g/mol. The third-order valence-corrected chi connectivity index (χ3v) is 10.6. The highest BCUT2D eigenvalue weighted by molar-refractivity contribution is 7.85. The molecule has 300 valence electrons. The number of ketones is 1. The molecule has 15 nitrogen and oxygen atoms in total. The largest absolute Gasteiger partial charge is 0.440 e. The van der Waals surface area contributed by atoms with Gasteiger partial charge in [0.2, 0.25) is 0 Å². The average Bonchev–Trinajstić information content (AvgIpc) is 3.16. The van der Waals surface area contributed by atoms with Crippen molar-refractivity contribution in [3.63, 3.8) is 0 Å². The van der Waals surface area contributed by atoms with Gasteiger partial charge in [0.15, 0.2) is 34.0 Å². The molecule has 6 rings (SSSR count). The fourth-order valence-electron chi connectivity index (χ4n) is 5.97. The van der Waals surface area contributed by atoms with Gasteiger partial charge in [-0.15, -0.1) is 0 Å². The summed E-state index contributed by atoms with van der Waals surface area (Å²) in [7, 11) is 5.01. The molecule has 4 heterocycles. The Morgan fingerprint density at radius 3 is 1.43 bits per heavy atom. The van der Waals surface area contributed by atoms with Crippen LogP contribution in [0.5, 0.6) is 0 Å². The predicted molar refractivity (Wildman–Crippen MR) is 217 cm³/mol. The molecule has 0 saturated carbocycles. The molecule has 2 aromatic heterocycles. The van der Waals surface area contributed by atoms with E-state index in [1.54, 1.807) is 47.2 Å². The summed E-state index contributed by atoms with van der Waals surface area (Å²) in [5, 5.41) is 0.519. The Balaban J connectivity index is 0.000000219. The van der Waals surface area contributed by atoms with Crippen molar-refractivity contribution >= 4 is 68.0 Å². The number of ether oxygens (including phenoxy) is 2. The molecular formula is C40H49N5O10S. The van der Waals surface area contributed by atoms with Crippen LogP contribution in [0.1, 0.15) is 71.3 Å². The zero-order valence-corrected chi connectivity index (χ0v) is 34.2. The third kappa shape index (κ3) is 9.42. The number of fused-ring (bicyclic) bond motifs is 2. The minimum Gasteiger partial charge on any atom is -0.440 e. The second-order valence-corrected chi connectivity index (χ2v) is 16.8. The Kier molecular flexibility index (Phi) is 13.0. The minimum absolute atomic E-state index is 0.219. The van der Waals surface area contributed by atoms with Gasteiger partial charge in [0.25, 0.3) is 11.8 Å². The maximum Gasteiger partial charge on any atom is 0.253 e. The highest BCUT2D eigenvalue weighted by Crippen LogP contribution is 2.28. The first-order chi connectivity index (χ1) is 26.4. The minimum atomic E-state index is -1.51.